The summed E-state index contributed by atoms with van der Waals surface area (Å²) in [6.07, 6.45) is 2.66. The van der Waals surface area contributed by atoms with Gasteiger partial charge in [0, 0.05) is 12.0 Å². The third-order valence-corrected chi connectivity index (χ3v) is 4.10. The lowest BCUT2D eigenvalue weighted by atomic mass is 9.86. The first kappa shape index (κ1) is 15.3. The Morgan fingerprint density at radius 2 is 1.61 bits per heavy atom. The van der Waals surface area contributed by atoms with E-state index in [1.165, 1.54) is 11.1 Å². The summed E-state index contributed by atoms with van der Waals surface area (Å²) in [6.45, 7) is 6.68. The summed E-state index contributed by atoms with van der Waals surface area (Å²) in [5.74, 6) is 0.705. The third-order valence-electron chi connectivity index (χ3n) is 4.10. The van der Waals surface area contributed by atoms with Crippen LogP contribution in [-0.2, 0) is 11.8 Å². The summed E-state index contributed by atoms with van der Waals surface area (Å²) >= 11 is 0. The van der Waals surface area contributed by atoms with Crippen LogP contribution in [0.25, 0.3) is 5.69 Å². The minimum atomic E-state index is 0.176. The van der Waals surface area contributed by atoms with Gasteiger partial charge >= 0.3 is 0 Å². The maximum absolute atomic E-state index is 6.28. The van der Waals surface area contributed by atoms with Gasteiger partial charge in [0.05, 0.1) is 11.9 Å². The van der Waals surface area contributed by atoms with E-state index in [0.29, 0.717) is 5.82 Å². The molecule has 0 unspecified atom stereocenters. The van der Waals surface area contributed by atoms with Crippen molar-refractivity contribution in [3.05, 3.63) is 77.5 Å². The fourth-order valence-corrected chi connectivity index (χ4v) is 2.65. The molecule has 0 aliphatic carbocycles. The number of anilines is 1. The molecular weight excluding hydrogens is 282 g/mol. The normalized spacial score (nSPS) is 11.6. The van der Waals surface area contributed by atoms with E-state index in [9.17, 15) is 0 Å². The molecule has 2 aromatic carbocycles. The second kappa shape index (κ2) is 5.92. The molecule has 0 spiro atoms. The Labute approximate surface area is 137 Å². The van der Waals surface area contributed by atoms with E-state index in [1.54, 1.807) is 4.68 Å². The van der Waals surface area contributed by atoms with Crippen LogP contribution in [0.15, 0.2) is 60.8 Å². The van der Waals surface area contributed by atoms with E-state index in [1.807, 2.05) is 36.5 Å². The summed E-state index contributed by atoms with van der Waals surface area (Å²) < 4.78 is 1.79. The van der Waals surface area contributed by atoms with Crippen molar-refractivity contribution >= 4 is 5.82 Å². The molecule has 0 atom stereocenters. The average molecular weight is 305 g/mol. The monoisotopic (exact) mass is 305 g/mol. The highest BCUT2D eigenvalue weighted by atomic mass is 15.3. The van der Waals surface area contributed by atoms with Crippen molar-refractivity contribution < 1.29 is 0 Å². The van der Waals surface area contributed by atoms with E-state index < -0.39 is 0 Å². The van der Waals surface area contributed by atoms with Crippen LogP contribution in [0.2, 0.25) is 0 Å². The Hall–Kier alpha value is -2.55. The van der Waals surface area contributed by atoms with Crippen molar-refractivity contribution in [1.82, 2.24) is 9.78 Å². The van der Waals surface area contributed by atoms with E-state index in [2.05, 4.69) is 50.1 Å². The molecule has 3 aromatic rings. The number of nitrogens with two attached hydrogens (primary N) is 1. The highest BCUT2D eigenvalue weighted by molar-refractivity contribution is 5.48. The van der Waals surface area contributed by atoms with Gasteiger partial charge in [-0.2, -0.15) is 5.10 Å². The summed E-state index contributed by atoms with van der Waals surface area (Å²) in [5, 5.41) is 4.43. The Kier molecular flexibility index (Phi) is 3.95. The van der Waals surface area contributed by atoms with E-state index in [4.69, 9.17) is 5.73 Å². The van der Waals surface area contributed by atoms with Crippen molar-refractivity contribution in [1.29, 1.82) is 0 Å². The fourth-order valence-electron chi connectivity index (χ4n) is 2.65. The van der Waals surface area contributed by atoms with Gasteiger partial charge in [-0.3, -0.25) is 0 Å². The summed E-state index contributed by atoms with van der Waals surface area (Å²) in [7, 11) is 0. The van der Waals surface area contributed by atoms with E-state index in [0.717, 1.165) is 17.7 Å². The zero-order chi connectivity index (χ0) is 16.4. The molecule has 0 saturated heterocycles. The molecule has 0 amide bonds. The number of para-hydroxylation sites is 1. The van der Waals surface area contributed by atoms with Crippen LogP contribution in [0, 0.1) is 0 Å². The average Bonchev–Trinajstić information content (AvgIpc) is 2.89. The Morgan fingerprint density at radius 1 is 0.957 bits per heavy atom. The second-order valence-electron chi connectivity index (χ2n) is 6.93. The standard InChI is InChI=1S/C20H23N3/c1-20(2,3)17-11-9-15(10-12-17)13-16-14-22-23(19(16)21)18-7-5-4-6-8-18/h4-12,14H,13,21H2,1-3H3. The molecule has 1 heterocycles. The first-order valence-corrected chi connectivity index (χ1v) is 7.92. The third kappa shape index (κ3) is 3.29. The van der Waals surface area contributed by atoms with Crippen LogP contribution in [-0.4, -0.2) is 9.78 Å². The highest BCUT2D eigenvalue weighted by Crippen LogP contribution is 2.24. The van der Waals surface area contributed by atoms with Gasteiger partial charge in [-0.25, -0.2) is 4.68 Å². The maximum atomic E-state index is 6.28. The molecule has 3 heteroatoms. The van der Waals surface area contributed by atoms with Gasteiger partial charge in [0.1, 0.15) is 5.82 Å². The van der Waals surface area contributed by atoms with Crippen molar-refractivity contribution in [3.8, 4) is 5.69 Å². The van der Waals surface area contributed by atoms with Gasteiger partial charge in [0.2, 0.25) is 0 Å². The summed E-state index contributed by atoms with van der Waals surface area (Å²) in [4.78, 5) is 0. The van der Waals surface area contributed by atoms with Gasteiger partial charge in [-0.1, -0.05) is 63.2 Å². The Morgan fingerprint density at radius 3 is 2.22 bits per heavy atom. The summed E-state index contributed by atoms with van der Waals surface area (Å²) in [6, 6.07) is 18.7. The minimum Gasteiger partial charge on any atom is -0.383 e. The number of nitrogens with zero attached hydrogens (tertiary/aromatic N) is 2. The molecule has 2 N–H and O–H groups in total. The molecule has 118 valence electrons. The molecule has 0 fully saturated rings. The quantitative estimate of drug-likeness (QED) is 0.782. The number of aromatic nitrogens is 2. The zero-order valence-electron chi connectivity index (χ0n) is 14.0. The molecule has 0 aliphatic rings. The van der Waals surface area contributed by atoms with E-state index in [-0.39, 0.29) is 5.41 Å². The lowest BCUT2D eigenvalue weighted by Crippen LogP contribution is -2.10. The van der Waals surface area contributed by atoms with E-state index >= 15 is 0 Å². The van der Waals surface area contributed by atoms with Gasteiger partial charge in [0.15, 0.2) is 0 Å². The van der Waals surface area contributed by atoms with Crippen LogP contribution in [0.5, 0.6) is 0 Å². The maximum Gasteiger partial charge on any atom is 0.130 e. The molecule has 3 nitrogen and oxygen atoms in total. The van der Waals surface area contributed by atoms with Crippen LogP contribution < -0.4 is 5.73 Å². The first-order chi connectivity index (χ1) is 10.9. The van der Waals surface area contributed by atoms with Crippen molar-refractivity contribution in [2.75, 3.05) is 5.73 Å². The predicted octanol–water partition coefficient (Wildman–Crippen LogP) is 4.34. The molecule has 23 heavy (non-hydrogen) atoms. The number of benzene rings is 2. The number of rotatable bonds is 3. The number of nitrogen functional groups attached to an aromatic ring is 1. The van der Waals surface area contributed by atoms with Gasteiger partial charge in [-0.15, -0.1) is 0 Å². The fraction of sp³-hybridized carbons (Fsp3) is 0.250. The van der Waals surface area contributed by atoms with Crippen LogP contribution in [0.4, 0.5) is 5.82 Å². The van der Waals surface area contributed by atoms with Crippen molar-refractivity contribution in [3.63, 3.8) is 0 Å². The van der Waals surface area contributed by atoms with Gasteiger partial charge < -0.3 is 5.73 Å². The molecule has 0 aliphatic heterocycles. The second-order valence-corrected chi connectivity index (χ2v) is 6.93. The number of hydrogen-bond acceptors (Lipinski definition) is 2. The molecule has 1 aromatic heterocycles. The minimum absolute atomic E-state index is 0.176. The molecule has 0 bridgehead atoms. The van der Waals surface area contributed by atoms with Crippen LogP contribution in [0.1, 0.15) is 37.5 Å². The van der Waals surface area contributed by atoms with Gasteiger partial charge in [0.25, 0.3) is 0 Å². The van der Waals surface area contributed by atoms with Crippen LogP contribution >= 0.6 is 0 Å². The lowest BCUT2D eigenvalue weighted by Gasteiger charge is -2.19. The first-order valence-electron chi connectivity index (χ1n) is 7.92. The Bertz CT molecular complexity index is 778. The summed E-state index contributed by atoms with van der Waals surface area (Å²) in [5.41, 5.74) is 11.1. The Balaban J connectivity index is 1.83. The molecule has 3 rings (SSSR count). The molecule has 0 radical (unpaired) electrons. The SMILES string of the molecule is CC(C)(C)c1ccc(Cc2cnn(-c3ccccc3)c2N)cc1. The van der Waals surface area contributed by atoms with Gasteiger partial charge in [-0.05, 0) is 28.7 Å². The highest BCUT2D eigenvalue weighted by Gasteiger charge is 2.14. The lowest BCUT2D eigenvalue weighted by molar-refractivity contribution is 0.590. The molecular formula is C20H23N3. The smallest absolute Gasteiger partial charge is 0.130 e. The number of hydrogen-bond donors (Lipinski definition) is 1. The van der Waals surface area contributed by atoms with Crippen LogP contribution in [0.3, 0.4) is 0 Å². The largest absolute Gasteiger partial charge is 0.383 e. The topological polar surface area (TPSA) is 43.8 Å². The van der Waals surface area contributed by atoms with Crippen molar-refractivity contribution in [2.45, 2.75) is 32.6 Å². The predicted molar refractivity (Wildman–Crippen MR) is 95.9 cm³/mol. The molecule has 0 saturated carbocycles. The van der Waals surface area contributed by atoms with Crippen molar-refractivity contribution in [2.24, 2.45) is 0 Å². The zero-order valence-corrected chi connectivity index (χ0v) is 14.0.